The lowest BCUT2D eigenvalue weighted by atomic mass is 9.88. The highest BCUT2D eigenvalue weighted by Gasteiger charge is 2.26. The number of fused-ring (bicyclic) bond motifs is 1. The van der Waals surface area contributed by atoms with E-state index in [4.69, 9.17) is 4.74 Å². The molecule has 0 radical (unpaired) electrons. The van der Waals surface area contributed by atoms with E-state index < -0.39 is 6.10 Å². The summed E-state index contributed by atoms with van der Waals surface area (Å²) in [6, 6.07) is 22.9. The predicted octanol–water partition coefficient (Wildman–Crippen LogP) is 5.08. The van der Waals surface area contributed by atoms with Gasteiger partial charge in [-0.25, -0.2) is 4.99 Å². The van der Waals surface area contributed by atoms with E-state index in [-0.39, 0.29) is 12.5 Å². The van der Waals surface area contributed by atoms with Gasteiger partial charge in [-0.2, -0.15) is 0 Å². The second-order valence-electron chi connectivity index (χ2n) is 9.92. The maximum Gasteiger partial charge on any atom is 0.277 e. The molecule has 0 aliphatic carbocycles. The van der Waals surface area contributed by atoms with Gasteiger partial charge in [0.2, 0.25) is 0 Å². The van der Waals surface area contributed by atoms with Crippen molar-refractivity contribution in [1.82, 2.24) is 9.80 Å². The van der Waals surface area contributed by atoms with Crippen LogP contribution in [-0.2, 0) is 4.79 Å². The van der Waals surface area contributed by atoms with Crippen LogP contribution >= 0.6 is 0 Å². The molecule has 5 rings (SSSR count). The Morgan fingerprint density at radius 3 is 2.54 bits per heavy atom. The molecule has 1 saturated heterocycles. The molecule has 192 valence electrons. The van der Waals surface area contributed by atoms with Crippen molar-refractivity contribution in [1.29, 1.82) is 0 Å². The van der Waals surface area contributed by atoms with Gasteiger partial charge in [0.15, 0.2) is 0 Å². The summed E-state index contributed by atoms with van der Waals surface area (Å²) in [6.45, 7) is 7.07. The molecule has 0 saturated carbocycles. The average molecular weight is 498 g/mol. The molecule has 6 heteroatoms. The Bertz CT molecular complexity index is 1320. The summed E-state index contributed by atoms with van der Waals surface area (Å²) >= 11 is 0. The molecule has 3 aromatic rings. The molecule has 1 fully saturated rings. The van der Waals surface area contributed by atoms with Gasteiger partial charge in [0.1, 0.15) is 30.0 Å². The number of aliphatic imine (C=N–C) groups is 1. The number of nitrogens with zero attached hydrogens (tertiary/aromatic N) is 3. The van der Waals surface area contributed by atoms with Crippen LogP contribution in [0.2, 0.25) is 0 Å². The summed E-state index contributed by atoms with van der Waals surface area (Å²) in [5.41, 5.74) is 2.60. The first-order valence-corrected chi connectivity index (χ1v) is 13.2. The molecule has 1 atom stereocenters. The van der Waals surface area contributed by atoms with Gasteiger partial charge in [-0.15, -0.1) is 0 Å². The number of para-hydroxylation sites is 1. The van der Waals surface area contributed by atoms with E-state index in [2.05, 4.69) is 52.4 Å². The summed E-state index contributed by atoms with van der Waals surface area (Å²) in [6.07, 6.45) is 3.35. The molecular formula is C31H35N3O3. The first-order valence-electron chi connectivity index (χ1n) is 13.2. The molecule has 3 aromatic carbocycles. The standard InChI is InChI=1S/C31H35N3O3/c1-3-34-22(2)32-29(31(34)36)19-27-10-6-7-11-30(27)37-21-28(35)20-33-16-14-24(15-17-33)26-13-12-23-8-4-5-9-25(23)18-26/h4-13,18-19,24,28,35H,3,14-17,20-21H2,1-2H3/b29-19-/t28-/m0/s1. The van der Waals surface area contributed by atoms with E-state index >= 15 is 0 Å². The summed E-state index contributed by atoms with van der Waals surface area (Å²) in [4.78, 5) is 21.0. The molecule has 0 spiro atoms. The van der Waals surface area contributed by atoms with Crippen LogP contribution in [0.15, 0.2) is 77.4 Å². The number of piperidine rings is 1. The molecule has 0 unspecified atom stereocenters. The van der Waals surface area contributed by atoms with Crippen LogP contribution in [0.25, 0.3) is 16.8 Å². The molecule has 0 aromatic heterocycles. The zero-order chi connectivity index (χ0) is 25.8. The second-order valence-corrected chi connectivity index (χ2v) is 9.92. The number of amidine groups is 1. The van der Waals surface area contributed by atoms with Crippen molar-refractivity contribution in [3.8, 4) is 5.75 Å². The van der Waals surface area contributed by atoms with Gasteiger partial charge in [-0.1, -0.05) is 60.7 Å². The molecule has 1 amide bonds. The van der Waals surface area contributed by atoms with Gasteiger partial charge in [-0.05, 0) is 74.2 Å². The number of likely N-dealkylation sites (N-methyl/N-ethyl adjacent to an activating group) is 1. The summed E-state index contributed by atoms with van der Waals surface area (Å²) < 4.78 is 6.00. The van der Waals surface area contributed by atoms with Gasteiger partial charge in [0, 0.05) is 18.7 Å². The van der Waals surface area contributed by atoms with E-state index in [1.165, 1.54) is 16.3 Å². The number of hydrogen-bond acceptors (Lipinski definition) is 5. The highest BCUT2D eigenvalue weighted by atomic mass is 16.5. The molecule has 2 aliphatic heterocycles. The largest absolute Gasteiger partial charge is 0.490 e. The minimum atomic E-state index is -0.595. The maximum atomic E-state index is 12.6. The lowest BCUT2D eigenvalue weighted by Crippen LogP contribution is -2.40. The van der Waals surface area contributed by atoms with Gasteiger partial charge >= 0.3 is 0 Å². The third-order valence-corrected chi connectivity index (χ3v) is 7.40. The first-order chi connectivity index (χ1) is 18.0. The molecule has 6 nitrogen and oxygen atoms in total. The van der Waals surface area contributed by atoms with Crippen molar-refractivity contribution in [2.45, 2.75) is 38.7 Å². The molecule has 2 heterocycles. The number of carbonyl (C=O) groups is 1. The minimum Gasteiger partial charge on any atom is -0.490 e. The average Bonchev–Trinajstić information content (AvgIpc) is 3.19. The highest BCUT2D eigenvalue weighted by molar-refractivity contribution is 6.13. The van der Waals surface area contributed by atoms with Crippen molar-refractivity contribution in [2.75, 3.05) is 32.8 Å². The van der Waals surface area contributed by atoms with Crippen molar-refractivity contribution in [3.63, 3.8) is 0 Å². The fraction of sp³-hybridized carbons (Fsp3) is 0.355. The van der Waals surface area contributed by atoms with E-state index in [1.54, 1.807) is 11.0 Å². The van der Waals surface area contributed by atoms with Crippen LogP contribution in [-0.4, -0.2) is 65.5 Å². The number of rotatable bonds is 8. The Morgan fingerprint density at radius 2 is 1.78 bits per heavy atom. The van der Waals surface area contributed by atoms with Gasteiger partial charge in [0.25, 0.3) is 5.91 Å². The molecule has 37 heavy (non-hydrogen) atoms. The monoisotopic (exact) mass is 497 g/mol. The zero-order valence-corrected chi connectivity index (χ0v) is 21.6. The van der Waals surface area contributed by atoms with Gasteiger partial charge < -0.3 is 14.7 Å². The topological polar surface area (TPSA) is 65.4 Å². The maximum absolute atomic E-state index is 12.6. The van der Waals surface area contributed by atoms with Crippen LogP contribution < -0.4 is 4.74 Å². The normalized spacial score (nSPS) is 19.0. The zero-order valence-electron chi connectivity index (χ0n) is 21.6. The highest BCUT2D eigenvalue weighted by Crippen LogP contribution is 2.30. The smallest absolute Gasteiger partial charge is 0.277 e. The molecule has 1 N–H and O–H groups in total. The van der Waals surface area contributed by atoms with E-state index in [1.807, 2.05) is 38.1 Å². The number of aliphatic hydroxyl groups is 1. The summed E-state index contributed by atoms with van der Waals surface area (Å²) in [5, 5.41) is 13.3. The van der Waals surface area contributed by atoms with Crippen molar-refractivity contribution in [3.05, 3.63) is 83.6 Å². The number of β-amino-alcohol motifs (C(OH)–C–C–N with tert-alkyl or cyclic N) is 1. The van der Waals surface area contributed by atoms with Gasteiger partial charge in [0.05, 0.1) is 0 Å². The predicted molar refractivity (Wildman–Crippen MR) is 149 cm³/mol. The van der Waals surface area contributed by atoms with Gasteiger partial charge in [-0.3, -0.25) is 9.69 Å². The fourth-order valence-corrected chi connectivity index (χ4v) is 5.36. The Labute approximate surface area is 218 Å². The Balaban J connectivity index is 1.14. The third-order valence-electron chi connectivity index (χ3n) is 7.40. The number of aliphatic hydroxyl groups excluding tert-OH is 1. The molecule has 0 bridgehead atoms. The van der Waals surface area contributed by atoms with Crippen LogP contribution in [0.3, 0.4) is 0 Å². The Hall–Kier alpha value is -3.48. The first kappa shape index (κ1) is 25.2. The quantitative estimate of drug-likeness (QED) is 0.441. The van der Waals surface area contributed by atoms with Crippen molar-refractivity contribution in [2.24, 2.45) is 4.99 Å². The van der Waals surface area contributed by atoms with E-state index in [9.17, 15) is 9.90 Å². The number of ether oxygens (including phenoxy) is 1. The minimum absolute atomic E-state index is 0.0954. The molecular weight excluding hydrogens is 462 g/mol. The van der Waals surface area contributed by atoms with Crippen LogP contribution in [0.1, 0.15) is 43.7 Å². The van der Waals surface area contributed by atoms with Crippen LogP contribution in [0.4, 0.5) is 0 Å². The van der Waals surface area contributed by atoms with Crippen LogP contribution in [0.5, 0.6) is 5.75 Å². The number of likely N-dealkylation sites (tertiary alicyclic amines) is 1. The Kier molecular flexibility index (Phi) is 7.68. The number of benzene rings is 3. The van der Waals surface area contributed by atoms with Crippen LogP contribution in [0, 0.1) is 0 Å². The fourth-order valence-electron chi connectivity index (χ4n) is 5.36. The second kappa shape index (κ2) is 11.3. The third kappa shape index (κ3) is 5.76. The lowest BCUT2D eigenvalue weighted by molar-refractivity contribution is -0.122. The lowest BCUT2D eigenvalue weighted by Gasteiger charge is -2.33. The number of carbonyl (C=O) groups excluding carboxylic acids is 1. The summed E-state index contributed by atoms with van der Waals surface area (Å²) in [5.74, 6) is 1.81. The van der Waals surface area contributed by atoms with E-state index in [0.717, 1.165) is 31.5 Å². The summed E-state index contributed by atoms with van der Waals surface area (Å²) in [7, 11) is 0. The SMILES string of the molecule is CCN1C(=O)/C(=C/c2ccccc2OC[C@@H](O)CN2CCC(c3ccc4ccccc4c3)CC2)N=C1C. The van der Waals surface area contributed by atoms with Crippen molar-refractivity contribution < 1.29 is 14.6 Å². The number of amides is 1. The van der Waals surface area contributed by atoms with Crippen molar-refractivity contribution >= 4 is 28.6 Å². The van der Waals surface area contributed by atoms with E-state index in [0.29, 0.717) is 36.3 Å². The number of hydrogen-bond donors (Lipinski definition) is 1. The molecule has 2 aliphatic rings. The Morgan fingerprint density at radius 1 is 1.05 bits per heavy atom.